The predicted octanol–water partition coefficient (Wildman–Crippen LogP) is 0.871. The van der Waals surface area contributed by atoms with Crippen molar-refractivity contribution in [2.24, 2.45) is 11.5 Å². The van der Waals surface area contributed by atoms with Gasteiger partial charge in [0.25, 0.3) is 0 Å². The van der Waals surface area contributed by atoms with E-state index in [9.17, 15) is 9.59 Å². The third kappa shape index (κ3) is 5.09. The van der Waals surface area contributed by atoms with E-state index in [-0.39, 0.29) is 11.9 Å². The molecule has 0 aromatic heterocycles. The molecular weight excluding hydrogens is 242 g/mol. The summed E-state index contributed by atoms with van der Waals surface area (Å²) in [5.41, 5.74) is 12.2. The molecular formula is C14H21N3O2. The Balaban J connectivity index is 2.54. The second-order valence-corrected chi connectivity index (χ2v) is 4.83. The molecule has 104 valence electrons. The monoisotopic (exact) mass is 263 g/mol. The van der Waals surface area contributed by atoms with E-state index in [4.69, 9.17) is 11.5 Å². The van der Waals surface area contributed by atoms with Crippen molar-refractivity contribution in [1.29, 1.82) is 0 Å². The molecule has 0 aliphatic heterocycles. The largest absolute Gasteiger partial charge is 0.366 e. The van der Waals surface area contributed by atoms with Crippen molar-refractivity contribution in [1.82, 2.24) is 4.90 Å². The molecule has 1 unspecified atom stereocenters. The summed E-state index contributed by atoms with van der Waals surface area (Å²) in [7, 11) is 1.76. The lowest BCUT2D eigenvalue weighted by Crippen LogP contribution is -2.28. The van der Waals surface area contributed by atoms with E-state index in [1.165, 1.54) is 0 Å². The number of carbonyl (C=O) groups is 2. The summed E-state index contributed by atoms with van der Waals surface area (Å²) in [5.74, 6) is -0.385. The highest BCUT2D eigenvalue weighted by Crippen LogP contribution is 2.08. The van der Waals surface area contributed by atoms with Gasteiger partial charge in [0, 0.05) is 31.6 Å². The Morgan fingerprint density at radius 2 is 1.84 bits per heavy atom. The van der Waals surface area contributed by atoms with Crippen LogP contribution in [0.3, 0.4) is 0 Å². The van der Waals surface area contributed by atoms with Gasteiger partial charge in [-0.15, -0.1) is 0 Å². The first-order valence-electron chi connectivity index (χ1n) is 6.28. The average molecular weight is 263 g/mol. The second-order valence-electron chi connectivity index (χ2n) is 4.83. The molecule has 0 saturated heterocycles. The zero-order chi connectivity index (χ0) is 14.4. The van der Waals surface area contributed by atoms with E-state index in [1.807, 2.05) is 6.92 Å². The van der Waals surface area contributed by atoms with Crippen molar-refractivity contribution in [3.05, 3.63) is 35.4 Å². The summed E-state index contributed by atoms with van der Waals surface area (Å²) in [6.45, 7) is 2.40. The van der Waals surface area contributed by atoms with E-state index in [0.29, 0.717) is 24.9 Å². The molecule has 0 saturated carbocycles. The zero-order valence-corrected chi connectivity index (χ0v) is 11.4. The molecule has 4 N–H and O–H groups in total. The van der Waals surface area contributed by atoms with Gasteiger partial charge in [0.2, 0.25) is 11.8 Å². The minimum absolute atomic E-state index is 0.0344. The lowest BCUT2D eigenvalue weighted by atomic mass is 10.1. The van der Waals surface area contributed by atoms with Crippen LogP contribution in [0.1, 0.15) is 35.7 Å². The molecule has 0 radical (unpaired) electrons. The van der Waals surface area contributed by atoms with Gasteiger partial charge < -0.3 is 16.4 Å². The molecule has 1 aromatic rings. The summed E-state index contributed by atoms with van der Waals surface area (Å²) >= 11 is 0. The molecule has 0 bridgehead atoms. The summed E-state index contributed by atoms with van der Waals surface area (Å²) in [6.07, 6.45) is 1.14. The first-order valence-corrected chi connectivity index (χ1v) is 6.28. The molecule has 0 aliphatic rings. The molecule has 0 heterocycles. The van der Waals surface area contributed by atoms with Crippen LogP contribution >= 0.6 is 0 Å². The quantitative estimate of drug-likeness (QED) is 0.798. The standard InChI is InChI=1S/C14H21N3O2/c1-10(15)3-8-13(18)17(2)9-11-4-6-12(7-5-11)14(16)19/h4-7,10H,3,8-9,15H2,1-2H3,(H2,16,19). The number of nitrogens with two attached hydrogens (primary N) is 2. The van der Waals surface area contributed by atoms with Crippen molar-refractivity contribution in [2.45, 2.75) is 32.4 Å². The van der Waals surface area contributed by atoms with Gasteiger partial charge in [-0.2, -0.15) is 0 Å². The smallest absolute Gasteiger partial charge is 0.248 e. The van der Waals surface area contributed by atoms with Gasteiger partial charge in [-0.1, -0.05) is 12.1 Å². The maximum atomic E-state index is 11.8. The summed E-state index contributed by atoms with van der Waals surface area (Å²) in [5, 5.41) is 0. The Labute approximate surface area is 113 Å². The topological polar surface area (TPSA) is 89.4 Å². The van der Waals surface area contributed by atoms with Crippen LogP contribution in [-0.4, -0.2) is 29.8 Å². The summed E-state index contributed by atoms with van der Waals surface area (Å²) in [6, 6.07) is 6.97. The fourth-order valence-corrected chi connectivity index (χ4v) is 1.68. The van der Waals surface area contributed by atoms with Gasteiger partial charge >= 0.3 is 0 Å². The fraction of sp³-hybridized carbons (Fsp3) is 0.429. The number of amides is 2. The molecule has 2 amide bonds. The minimum Gasteiger partial charge on any atom is -0.366 e. The van der Waals surface area contributed by atoms with Crippen LogP contribution in [-0.2, 0) is 11.3 Å². The summed E-state index contributed by atoms with van der Waals surface area (Å²) in [4.78, 5) is 24.4. The number of benzene rings is 1. The molecule has 0 spiro atoms. The highest BCUT2D eigenvalue weighted by molar-refractivity contribution is 5.92. The lowest BCUT2D eigenvalue weighted by Gasteiger charge is -2.18. The Kier molecular flexibility index (Phi) is 5.51. The van der Waals surface area contributed by atoms with Gasteiger partial charge in [-0.25, -0.2) is 0 Å². The van der Waals surface area contributed by atoms with Crippen LogP contribution in [0.2, 0.25) is 0 Å². The van der Waals surface area contributed by atoms with E-state index in [2.05, 4.69) is 0 Å². The lowest BCUT2D eigenvalue weighted by molar-refractivity contribution is -0.130. The van der Waals surface area contributed by atoms with Gasteiger partial charge in [-0.3, -0.25) is 9.59 Å². The number of carbonyl (C=O) groups excluding carboxylic acids is 2. The Bertz CT molecular complexity index is 441. The molecule has 5 nitrogen and oxygen atoms in total. The van der Waals surface area contributed by atoms with Crippen molar-refractivity contribution < 1.29 is 9.59 Å². The molecule has 5 heteroatoms. The fourth-order valence-electron chi connectivity index (χ4n) is 1.68. The Hall–Kier alpha value is -1.88. The minimum atomic E-state index is -0.451. The third-order valence-electron chi connectivity index (χ3n) is 2.90. The van der Waals surface area contributed by atoms with Gasteiger partial charge in [0.15, 0.2) is 0 Å². The van der Waals surface area contributed by atoms with Crippen LogP contribution in [0.5, 0.6) is 0 Å². The van der Waals surface area contributed by atoms with E-state index in [1.54, 1.807) is 36.2 Å². The highest BCUT2D eigenvalue weighted by atomic mass is 16.2. The van der Waals surface area contributed by atoms with Crippen LogP contribution in [0, 0.1) is 0 Å². The molecule has 1 atom stereocenters. The third-order valence-corrected chi connectivity index (χ3v) is 2.90. The first-order chi connectivity index (χ1) is 8.90. The van der Waals surface area contributed by atoms with Crippen molar-refractivity contribution in [3.8, 4) is 0 Å². The average Bonchev–Trinajstić information content (AvgIpc) is 2.36. The normalized spacial score (nSPS) is 11.9. The predicted molar refractivity (Wildman–Crippen MR) is 74.3 cm³/mol. The van der Waals surface area contributed by atoms with E-state index >= 15 is 0 Å². The zero-order valence-electron chi connectivity index (χ0n) is 11.4. The van der Waals surface area contributed by atoms with E-state index in [0.717, 1.165) is 5.56 Å². The van der Waals surface area contributed by atoms with Crippen LogP contribution < -0.4 is 11.5 Å². The van der Waals surface area contributed by atoms with Crippen LogP contribution in [0.4, 0.5) is 0 Å². The highest BCUT2D eigenvalue weighted by Gasteiger charge is 2.10. The number of hydrogen-bond acceptors (Lipinski definition) is 3. The van der Waals surface area contributed by atoms with E-state index < -0.39 is 5.91 Å². The maximum Gasteiger partial charge on any atom is 0.248 e. The molecule has 0 aliphatic carbocycles. The molecule has 1 rings (SSSR count). The van der Waals surface area contributed by atoms with Gasteiger partial charge in [-0.05, 0) is 31.0 Å². The Morgan fingerprint density at radius 1 is 1.26 bits per heavy atom. The first kappa shape index (κ1) is 15.2. The molecule has 1 aromatic carbocycles. The number of hydrogen-bond donors (Lipinski definition) is 2. The molecule has 19 heavy (non-hydrogen) atoms. The maximum absolute atomic E-state index is 11.8. The number of primary amides is 1. The van der Waals surface area contributed by atoms with Crippen molar-refractivity contribution in [2.75, 3.05) is 7.05 Å². The number of nitrogens with zero attached hydrogens (tertiary/aromatic N) is 1. The SMILES string of the molecule is CC(N)CCC(=O)N(C)Cc1ccc(C(N)=O)cc1. The van der Waals surface area contributed by atoms with Crippen LogP contribution in [0.25, 0.3) is 0 Å². The van der Waals surface area contributed by atoms with Gasteiger partial charge in [0.1, 0.15) is 0 Å². The van der Waals surface area contributed by atoms with Crippen molar-refractivity contribution in [3.63, 3.8) is 0 Å². The van der Waals surface area contributed by atoms with Crippen LogP contribution in [0.15, 0.2) is 24.3 Å². The summed E-state index contributed by atoms with van der Waals surface area (Å²) < 4.78 is 0. The second kappa shape index (κ2) is 6.89. The number of rotatable bonds is 6. The molecule has 0 fully saturated rings. The van der Waals surface area contributed by atoms with Crippen molar-refractivity contribution >= 4 is 11.8 Å². The Morgan fingerprint density at radius 3 is 2.32 bits per heavy atom. The van der Waals surface area contributed by atoms with Gasteiger partial charge in [0.05, 0.1) is 0 Å².